The fourth-order valence-corrected chi connectivity index (χ4v) is 1.56. The van der Waals surface area contributed by atoms with Gasteiger partial charge in [0.25, 0.3) is 0 Å². The SMILES string of the molecule is COC(=O)Cc1ccc(Br)cc1C(F)(F)F. The second kappa shape index (κ2) is 4.86. The average molecular weight is 297 g/mol. The van der Waals surface area contributed by atoms with Gasteiger partial charge in [-0.25, -0.2) is 0 Å². The monoisotopic (exact) mass is 296 g/mol. The largest absolute Gasteiger partial charge is 0.469 e. The van der Waals surface area contributed by atoms with E-state index in [4.69, 9.17) is 0 Å². The summed E-state index contributed by atoms with van der Waals surface area (Å²) in [6.45, 7) is 0. The van der Waals surface area contributed by atoms with Crippen molar-refractivity contribution in [2.75, 3.05) is 7.11 Å². The van der Waals surface area contributed by atoms with Gasteiger partial charge >= 0.3 is 12.1 Å². The standard InChI is InChI=1S/C10H8BrF3O2/c1-16-9(15)4-6-2-3-7(11)5-8(6)10(12,13)14/h2-3,5H,4H2,1H3. The molecule has 0 fully saturated rings. The first-order valence-corrected chi connectivity index (χ1v) is 5.06. The fourth-order valence-electron chi connectivity index (χ4n) is 1.19. The molecule has 0 aliphatic carbocycles. The quantitative estimate of drug-likeness (QED) is 0.784. The minimum absolute atomic E-state index is 0.0949. The van der Waals surface area contributed by atoms with E-state index in [1.165, 1.54) is 12.1 Å². The molecule has 1 rings (SSSR count). The first-order chi connectivity index (χ1) is 7.34. The molecule has 1 aromatic rings. The van der Waals surface area contributed by atoms with Crippen molar-refractivity contribution in [1.29, 1.82) is 0 Å². The number of ether oxygens (including phenoxy) is 1. The Morgan fingerprint density at radius 3 is 2.56 bits per heavy atom. The van der Waals surface area contributed by atoms with Gasteiger partial charge in [-0.05, 0) is 17.7 Å². The lowest BCUT2D eigenvalue weighted by atomic mass is 10.0. The van der Waals surface area contributed by atoms with E-state index >= 15 is 0 Å². The van der Waals surface area contributed by atoms with Crippen LogP contribution in [0, 0.1) is 0 Å². The highest BCUT2D eigenvalue weighted by Gasteiger charge is 2.33. The van der Waals surface area contributed by atoms with Crippen LogP contribution in [0.2, 0.25) is 0 Å². The molecule has 0 aliphatic heterocycles. The van der Waals surface area contributed by atoms with E-state index in [9.17, 15) is 18.0 Å². The Morgan fingerprint density at radius 2 is 2.06 bits per heavy atom. The zero-order valence-electron chi connectivity index (χ0n) is 8.27. The molecule has 2 nitrogen and oxygen atoms in total. The summed E-state index contributed by atoms with van der Waals surface area (Å²) in [6.07, 6.45) is -4.87. The molecule has 0 N–H and O–H groups in total. The van der Waals surface area contributed by atoms with Crippen LogP contribution >= 0.6 is 15.9 Å². The molecule has 0 saturated carbocycles. The number of halogens is 4. The van der Waals surface area contributed by atoms with E-state index in [0.717, 1.165) is 13.2 Å². The first-order valence-electron chi connectivity index (χ1n) is 4.27. The van der Waals surface area contributed by atoms with Crippen LogP contribution in [-0.2, 0) is 22.1 Å². The number of alkyl halides is 3. The minimum atomic E-state index is -4.48. The van der Waals surface area contributed by atoms with Gasteiger partial charge in [-0.1, -0.05) is 22.0 Å². The Balaban J connectivity index is 3.13. The molecule has 0 heterocycles. The van der Waals surface area contributed by atoms with Crippen LogP contribution in [0.3, 0.4) is 0 Å². The third-order valence-electron chi connectivity index (χ3n) is 1.94. The molecule has 0 aromatic heterocycles. The van der Waals surface area contributed by atoms with Gasteiger partial charge in [0, 0.05) is 4.47 Å². The molecule has 1 aromatic carbocycles. The van der Waals surface area contributed by atoms with Crippen molar-refractivity contribution in [2.45, 2.75) is 12.6 Å². The van der Waals surface area contributed by atoms with Crippen molar-refractivity contribution < 1.29 is 22.7 Å². The zero-order chi connectivity index (χ0) is 12.3. The van der Waals surface area contributed by atoms with Crippen molar-refractivity contribution in [1.82, 2.24) is 0 Å². The van der Waals surface area contributed by atoms with Gasteiger partial charge in [-0.3, -0.25) is 4.79 Å². The van der Waals surface area contributed by atoms with Gasteiger partial charge < -0.3 is 4.74 Å². The van der Waals surface area contributed by atoms with E-state index in [2.05, 4.69) is 20.7 Å². The Kier molecular flexibility index (Phi) is 3.96. The highest BCUT2D eigenvalue weighted by Crippen LogP contribution is 2.34. The van der Waals surface area contributed by atoms with E-state index in [1.807, 2.05) is 0 Å². The van der Waals surface area contributed by atoms with E-state index in [0.29, 0.717) is 4.47 Å². The van der Waals surface area contributed by atoms with Gasteiger partial charge in [0.15, 0.2) is 0 Å². The van der Waals surface area contributed by atoms with Crippen LogP contribution in [0.15, 0.2) is 22.7 Å². The van der Waals surface area contributed by atoms with Crippen molar-refractivity contribution in [2.24, 2.45) is 0 Å². The maximum Gasteiger partial charge on any atom is 0.416 e. The summed E-state index contributed by atoms with van der Waals surface area (Å²) >= 11 is 2.96. The summed E-state index contributed by atoms with van der Waals surface area (Å²) in [6, 6.07) is 3.65. The van der Waals surface area contributed by atoms with Crippen LogP contribution < -0.4 is 0 Å². The van der Waals surface area contributed by atoms with E-state index in [1.54, 1.807) is 0 Å². The average Bonchev–Trinajstić information content (AvgIpc) is 2.19. The molecule has 0 bridgehead atoms. The molecule has 0 amide bonds. The third-order valence-corrected chi connectivity index (χ3v) is 2.43. The zero-order valence-corrected chi connectivity index (χ0v) is 9.85. The van der Waals surface area contributed by atoms with Crippen molar-refractivity contribution in [3.8, 4) is 0 Å². The molecule has 0 spiro atoms. The van der Waals surface area contributed by atoms with Crippen LogP contribution in [0.4, 0.5) is 13.2 Å². The molecule has 0 saturated heterocycles. The maximum absolute atomic E-state index is 12.6. The number of rotatable bonds is 2. The van der Waals surface area contributed by atoms with Crippen LogP contribution in [0.1, 0.15) is 11.1 Å². The Morgan fingerprint density at radius 1 is 1.44 bits per heavy atom. The second-order valence-corrected chi connectivity index (χ2v) is 3.97. The maximum atomic E-state index is 12.6. The third kappa shape index (κ3) is 3.23. The number of methoxy groups -OCH3 is 1. The number of esters is 1. The number of carbonyl (C=O) groups is 1. The number of hydrogen-bond donors (Lipinski definition) is 0. The van der Waals surface area contributed by atoms with Gasteiger partial charge in [0.2, 0.25) is 0 Å². The summed E-state index contributed by atoms with van der Waals surface area (Å²) < 4.78 is 42.5. The van der Waals surface area contributed by atoms with Crippen LogP contribution in [-0.4, -0.2) is 13.1 Å². The number of carbonyl (C=O) groups excluding carboxylic acids is 1. The second-order valence-electron chi connectivity index (χ2n) is 3.05. The highest BCUT2D eigenvalue weighted by atomic mass is 79.9. The Labute approximate surface area is 98.5 Å². The first kappa shape index (κ1) is 13.0. The lowest BCUT2D eigenvalue weighted by Crippen LogP contribution is -2.13. The molecular weight excluding hydrogens is 289 g/mol. The number of benzene rings is 1. The van der Waals surface area contributed by atoms with Crippen molar-refractivity contribution >= 4 is 21.9 Å². The highest BCUT2D eigenvalue weighted by molar-refractivity contribution is 9.10. The fraction of sp³-hybridized carbons (Fsp3) is 0.300. The van der Waals surface area contributed by atoms with E-state index < -0.39 is 24.1 Å². The van der Waals surface area contributed by atoms with Gasteiger partial charge in [0.1, 0.15) is 0 Å². The topological polar surface area (TPSA) is 26.3 Å². The minimum Gasteiger partial charge on any atom is -0.469 e. The van der Waals surface area contributed by atoms with Gasteiger partial charge in [-0.2, -0.15) is 13.2 Å². The lowest BCUT2D eigenvalue weighted by molar-refractivity contribution is -0.141. The van der Waals surface area contributed by atoms with Gasteiger partial charge in [-0.15, -0.1) is 0 Å². The summed E-state index contributed by atoms with van der Waals surface area (Å²) in [5.41, 5.74) is -0.921. The van der Waals surface area contributed by atoms with Crippen molar-refractivity contribution in [3.05, 3.63) is 33.8 Å². The molecule has 16 heavy (non-hydrogen) atoms. The normalized spacial score (nSPS) is 11.3. The molecular formula is C10H8BrF3O2. The molecule has 0 aliphatic rings. The van der Waals surface area contributed by atoms with Gasteiger partial charge in [0.05, 0.1) is 19.1 Å². The van der Waals surface area contributed by atoms with Crippen LogP contribution in [0.25, 0.3) is 0 Å². The molecule has 88 valence electrons. The summed E-state index contributed by atoms with van der Waals surface area (Å²) in [7, 11) is 1.13. The van der Waals surface area contributed by atoms with Crippen LogP contribution in [0.5, 0.6) is 0 Å². The summed E-state index contributed by atoms with van der Waals surface area (Å²) in [5.74, 6) is -0.701. The van der Waals surface area contributed by atoms with Crippen molar-refractivity contribution in [3.63, 3.8) is 0 Å². The lowest BCUT2D eigenvalue weighted by Gasteiger charge is -2.12. The molecule has 0 unspecified atom stereocenters. The summed E-state index contributed by atoms with van der Waals surface area (Å²) in [4.78, 5) is 10.9. The number of hydrogen-bond acceptors (Lipinski definition) is 2. The smallest absolute Gasteiger partial charge is 0.416 e. The summed E-state index contributed by atoms with van der Waals surface area (Å²) in [5, 5.41) is 0. The Hall–Kier alpha value is -1.04. The molecule has 0 radical (unpaired) electrons. The predicted molar refractivity (Wildman–Crippen MR) is 54.9 cm³/mol. The predicted octanol–water partition coefficient (Wildman–Crippen LogP) is 3.18. The Bertz CT molecular complexity index is 402. The van der Waals surface area contributed by atoms with E-state index in [-0.39, 0.29) is 5.56 Å². The molecule has 6 heteroatoms. The molecule has 0 atom stereocenters.